The Hall–Kier alpha value is 0.177. The second-order valence-corrected chi connectivity index (χ2v) is 12.3. The van der Waals surface area contributed by atoms with Crippen molar-refractivity contribution < 1.29 is 5.11 Å². The van der Waals surface area contributed by atoms with E-state index in [1.54, 1.807) is 0 Å². The van der Waals surface area contributed by atoms with E-state index >= 15 is 0 Å². The maximum absolute atomic E-state index is 10.5. The molecule has 1 saturated carbocycles. The first-order chi connectivity index (χ1) is 6.24. The molecule has 0 spiro atoms. The highest BCUT2D eigenvalue weighted by molar-refractivity contribution is 6.86. The maximum Gasteiger partial charge on any atom is 0.0985 e. The molecule has 1 N–H and O–H groups in total. The molecule has 1 fully saturated rings. The maximum atomic E-state index is 10.5. The molecule has 0 bridgehead atoms. The summed E-state index contributed by atoms with van der Waals surface area (Å²) >= 11 is 0. The Morgan fingerprint density at radius 3 is 1.50 bits per heavy atom. The Balaban J connectivity index is 3.09. The quantitative estimate of drug-likeness (QED) is 0.707. The number of rotatable bonds is 4. The highest BCUT2D eigenvalue weighted by Crippen LogP contribution is 2.58. The SMILES string of the molecule is CC(C)[Si](C(C)C)(C1CC1)C(C)(C)O. The largest absolute Gasteiger partial charge is 0.394 e. The van der Waals surface area contributed by atoms with Gasteiger partial charge in [-0.25, -0.2) is 0 Å². The summed E-state index contributed by atoms with van der Waals surface area (Å²) in [5, 5.41) is 10.1. The molecule has 1 rings (SSSR count). The average Bonchev–Trinajstić information content (AvgIpc) is 2.65. The Morgan fingerprint density at radius 2 is 1.43 bits per heavy atom. The fourth-order valence-electron chi connectivity index (χ4n) is 4.08. The third kappa shape index (κ3) is 1.67. The van der Waals surface area contributed by atoms with Crippen LogP contribution in [0.4, 0.5) is 0 Å². The second kappa shape index (κ2) is 3.64. The molecular formula is C12H26OSi. The molecule has 2 heteroatoms. The zero-order valence-electron chi connectivity index (χ0n) is 10.6. The number of hydrogen-bond donors (Lipinski definition) is 1. The summed E-state index contributed by atoms with van der Waals surface area (Å²) in [6, 6.07) is 0. The van der Waals surface area contributed by atoms with E-state index in [0.29, 0.717) is 11.1 Å². The van der Waals surface area contributed by atoms with E-state index in [0.717, 1.165) is 5.54 Å². The van der Waals surface area contributed by atoms with Crippen LogP contribution in [0.5, 0.6) is 0 Å². The number of aliphatic hydroxyl groups is 1. The van der Waals surface area contributed by atoms with Gasteiger partial charge in [0.1, 0.15) is 0 Å². The van der Waals surface area contributed by atoms with Crippen molar-refractivity contribution in [2.45, 2.75) is 76.2 Å². The summed E-state index contributed by atoms with van der Waals surface area (Å²) in [6.45, 7) is 13.4. The molecule has 0 saturated heterocycles. The predicted octanol–water partition coefficient (Wildman–Crippen LogP) is 3.73. The monoisotopic (exact) mass is 214 g/mol. The van der Waals surface area contributed by atoms with Gasteiger partial charge in [-0.1, -0.05) is 40.5 Å². The normalized spacial score (nSPS) is 19.5. The second-order valence-electron chi connectivity index (χ2n) is 6.08. The van der Waals surface area contributed by atoms with E-state index < -0.39 is 13.3 Å². The van der Waals surface area contributed by atoms with Crippen LogP contribution in [0.3, 0.4) is 0 Å². The molecule has 0 aromatic carbocycles. The first-order valence-corrected chi connectivity index (χ1v) is 8.20. The minimum absolute atomic E-state index is 0.420. The first kappa shape index (κ1) is 12.2. The van der Waals surface area contributed by atoms with Crippen molar-refractivity contribution in [1.29, 1.82) is 0 Å². The third-order valence-corrected chi connectivity index (χ3v) is 12.1. The van der Waals surface area contributed by atoms with Gasteiger partial charge in [0.15, 0.2) is 0 Å². The molecule has 84 valence electrons. The van der Waals surface area contributed by atoms with Crippen molar-refractivity contribution in [2.75, 3.05) is 0 Å². The highest BCUT2D eigenvalue weighted by atomic mass is 28.3. The summed E-state index contributed by atoms with van der Waals surface area (Å²) in [4.78, 5) is 0. The van der Waals surface area contributed by atoms with Gasteiger partial charge in [0.25, 0.3) is 0 Å². The Kier molecular flexibility index (Phi) is 3.18. The predicted molar refractivity (Wildman–Crippen MR) is 65.2 cm³/mol. The van der Waals surface area contributed by atoms with Crippen LogP contribution in [-0.2, 0) is 0 Å². The van der Waals surface area contributed by atoms with E-state index in [2.05, 4.69) is 41.5 Å². The van der Waals surface area contributed by atoms with Crippen molar-refractivity contribution in [3.63, 3.8) is 0 Å². The van der Waals surface area contributed by atoms with Crippen LogP contribution in [0.1, 0.15) is 54.4 Å². The van der Waals surface area contributed by atoms with Crippen LogP contribution in [0.2, 0.25) is 16.6 Å². The molecule has 0 aromatic heterocycles. The summed E-state index contributed by atoms with van der Waals surface area (Å²) in [5.74, 6) is 0. The minimum Gasteiger partial charge on any atom is -0.394 e. The lowest BCUT2D eigenvalue weighted by Crippen LogP contribution is -2.59. The van der Waals surface area contributed by atoms with Crippen LogP contribution in [0, 0.1) is 0 Å². The van der Waals surface area contributed by atoms with E-state index in [1.807, 2.05) is 0 Å². The highest BCUT2D eigenvalue weighted by Gasteiger charge is 2.59. The molecular weight excluding hydrogens is 188 g/mol. The Bertz CT molecular complexity index is 185. The zero-order valence-corrected chi connectivity index (χ0v) is 11.6. The lowest BCUT2D eigenvalue weighted by Gasteiger charge is -2.48. The molecule has 1 aliphatic carbocycles. The molecule has 1 nitrogen and oxygen atoms in total. The lowest BCUT2D eigenvalue weighted by atomic mass is 10.4. The van der Waals surface area contributed by atoms with E-state index in [9.17, 15) is 5.11 Å². The standard InChI is InChI=1S/C12H26OSi/c1-9(2)14(10(3)4,11-7-8-11)12(5,6)13/h9-11,13H,7-8H2,1-6H3. The zero-order chi connectivity index (χ0) is 11.1. The van der Waals surface area contributed by atoms with Crippen LogP contribution >= 0.6 is 0 Å². The number of hydrogen-bond acceptors (Lipinski definition) is 1. The first-order valence-electron chi connectivity index (χ1n) is 5.97. The molecule has 0 unspecified atom stereocenters. The van der Waals surface area contributed by atoms with Crippen molar-refractivity contribution >= 4 is 8.07 Å². The van der Waals surface area contributed by atoms with Crippen LogP contribution < -0.4 is 0 Å². The van der Waals surface area contributed by atoms with Crippen molar-refractivity contribution in [3.8, 4) is 0 Å². The molecule has 0 heterocycles. The van der Waals surface area contributed by atoms with E-state index in [4.69, 9.17) is 0 Å². The van der Waals surface area contributed by atoms with Crippen molar-refractivity contribution in [1.82, 2.24) is 0 Å². The molecule has 1 aliphatic rings. The van der Waals surface area contributed by atoms with Gasteiger partial charge in [0.05, 0.1) is 13.3 Å². The van der Waals surface area contributed by atoms with Gasteiger partial charge in [0.2, 0.25) is 0 Å². The summed E-state index contributed by atoms with van der Waals surface area (Å²) < 4.78 is 0. The van der Waals surface area contributed by atoms with Crippen LogP contribution in [-0.4, -0.2) is 18.4 Å². The third-order valence-electron chi connectivity index (χ3n) is 4.22. The Labute approximate surface area is 89.9 Å². The molecule has 0 aliphatic heterocycles. The van der Waals surface area contributed by atoms with E-state index in [-0.39, 0.29) is 0 Å². The van der Waals surface area contributed by atoms with Gasteiger partial charge in [-0.3, -0.25) is 0 Å². The summed E-state index contributed by atoms with van der Waals surface area (Å²) in [6.07, 6.45) is 2.74. The molecule has 0 aromatic rings. The van der Waals surface area contributed by atoms with Gasteiger partial charge >= 0.3 is 0 Å². The smallest absolute Gasteiger partial charge is 0.0985 e. The van der Waals surface area contributed by atoms with Gasteiger partial charge in [-0.05, 0) is 30.5 Å². The van der Waals surface area contributed by atoms with Crippen LogP contribution in [0.15, 0.2) is 0 Å². The van der Waals surface area contributed by atoms with Gasteiger partial charge in [0, 0.05) is 0 Å². The average molecular weight is 214 g/mol. The topological polar surface area (TPSA) is 20.2 Å². The summed E-state index contributed by atoms with van der Waals surface area (Å²) in [7, 11) is -1.56. The fraction of sp³-hybridized carbons (Fsp3) is 1.00. The molecule has 0 amide bonds. The van der Waals surface area contributed by atoms with Crippen molar-refractivity contribution in [3.05, 3.63) is 0 Å². The minimum atomic E-state index is -1.56. The van der Waals surface area contributed by atoms with Crippen LogP contribution in [0.25, 0.3) is 0 Å². The Morgan fingerprint density at radius 1 is 1.07 bits per heavy atom. The molecule has 0 radical (unpaired) electrons. The van der Waals surface area contributed by atoms with Crippen molar-refractivity contribution in [2.24, 2.45) is 0 Å². The molecule has 14 heavy (non-hydrogen) atoms. The van der Waals surface area contributed by atoms with E-state index in [1.165, 1.54) is 12.8 Å². The van der Waals surface area contributed by atoms with Gasteiger partial charge in [-0.15, -0.1) is 0 Å². The fourth-order valence-corrected chi connectivity index (χ4v) is 12.2. The summed E-state index contributed by atoms with van der Waals surface area (Å²) in [5.41, 5.74) is 2.26. The lowest BCUT2D eigenvalue weighted by molar-refractivity contribution is 0.149. The van der Waals surface area contributed by atoms with Gasteiger partial charge < -0.3 is 5.11 Å². The van der Waals surface area contributed by atoms with Gasteiger partial charge in [-0.2, -0.15) is 0 Å². The molecule has 0 atom stereocenters.